The van der Waals surface area contributed by atoms with Crippen molar-refractivity contribution in [1.29, 1.82) is 0 Å². The molecule has 4 heteroatoms. The van der Waals surface area contributed by atoms with E-state index in [2.05, 4.69) is 24.2 Å². The van der Waals surface area contributed by atoms with Gasteiger partial charge in [0, 0.05) is 38.6 Å². The highest BCUT2D eigenvalue weighted by Gasteiger charge is 2.23. The molecular weight excluding hydrogens is 238 g/mol. The molecule has 19 heavy (non-hydrogen) atoms. The maximum atomic E-state index is 11.9. The van der Waals surface area contributed by atoms with Crippen molar-refractivity contribution in [2.75, 3.05) is 39.8 Å². The summed E-state index contributed by atoms with van der Waals surface area (Å²) in [6, 6.07) is 0.522. The molecule has 0 radical (unpaired) electrons. The summed E-state index contributed by atoms with van der Waals surface area (Å²) < 4.78 is 0. The van der Waals surface area contributed by atoms with Crippen LogP contribution in [0.2, 0.25) is 0 Å². The second-order valence-electron chi connectivity index (χ2n) is 6.25. The molecule has 1 amide bonds. The number of nitrogens with one attached hydrogen (secondary N) is 1. The lowest BCUT2D eigenvalue weighted by atomic mass is 9.92. The summed E-state index contributed by atoms with van der Waals surface area (Å²) >= 11 is 0. The topological polar surface area (TPSA) is 35.6 Å². The van der Waals surface area contributed by atoms with E-state index < -0.39 is 0 Å². The second kappa shape index (κ2) is 7.25. The van der Waals surface area contributed by atoms with E-state index in [1.807, 2.05) is 4.90 Å². The molecule has 0 aromatic rings. The number of likely N-dealkylation sites (tertiary alicyclic amines) is 2. The average molecular weight is 267 g/mol. The maximum Gasteiger partial charge on any atom is 0.223 e. The molecule has 0 bridgehead atoms. The highest BCUT2D eigenvalue weighted by atomic mass is 16.2. The van der Waals surface area contributed by atoms with Crippen molar-refractivity contribution in [3.8, 4) is 0 Å². The van der Waals surface area contributed by atoms with Crippen LogP contribution in [0.4, 0.5) is 0 Å². The van der Waals surface area contributed by atoms with Gasteiger partial charge in [-0.1, -0.05) is 0 Å². The van der Waals surface area contributed by atoms with Crippen LogP contribution in [-0.4, -0.2) is 61.5 Å². The Morgan fingerprint density at radius 3 is 2.68 bits per heavy atom. The maximum absolute atomic E-state index is 11.9. The second-order valence-corrected chi connectivity index (χ2v) is 6.25. The van der Waals surface area contributed by atoms with E-state index in [1.54, 1.807) is 0 Å². The highest BCUT2D eigenvalue weighted by Crippen LogP contribution is 2.18. The van der Waals surface area contributed by atoms with Gasteiger partial charge in [0.25, 0.3) is 0 Å². The molecule has 0 saturated carbocycles. The zero-order valence-corrected chi connectivity index (χ0v) is 12.5. The molecule has 1 N–H and O–H groups in total. The smallest absolute Gasteiger partial charge is 0.223 e. The van der Waals surface area contributed by atoms with Gasteiger partial charge in [0.1, 0.15) is 0 Å². The third kappa shape index (κ3) is 4.46. The molecule has 110 valence electrons. The molecule has 4 nitrogen and oxygen atoms in total. The van der Waals surface area contributed by atoms with Crippen LogP contribution in [0.1, 0.15) is 39.0 Å². The number of amides is 1. The van der Waals surface area contributed by atoms with Gasteiger partial charge in [0.15, 0.2) is 0 Å². The molecule has 2 aliphatic rings. The Morgan fingerprint density at radius 2 is 2.00 bits per heavy atom. The standard InChI is InChI=1S/C15H29N3O/c1-13(14-6-5-9-17(2)12-14)16-8-7-15(19)18-10-3-4-11-18/h13-14,16H,3-12H2,1-2H3. The first kappa shape index (κ1) is 14.8. The van der Waals surface area contributed by atoms with E-state index in [1.165, 1.54) is 38.8 Å². The SMILES string of the molecule is CC(NCCC(=O)N1CCCC1)C1CCCN(C)C1. The highest BCUT2D eigenvalue weighted by molar-refractivity contribution is 5.76. The Labute approximate surface area is 117 Å². The van der Waals surface area contributed by atoms with Crippen molar-refractivity contribution in [2.24, 2.45) is 5.92 Å². The number of carbonyl (C=O) groups excluding carboxylic acids is 1. The van der Waals surface area contributed by atoms with Crippen LogP contribution >= 0.6 is 0 Å². The molecular formula is C15H29N3O. The quantitative estimate of drug-likeness (QED) is 0.816. The summed E-state index contributed by atoms with van der Waals surface area (Å²) in [5, 5.41) is 3.55. The normalized spacial score (nSPS) is 26.6. The van der Waals surface area contributed by atoms with Crippen molar-refractivity contribution >= 4 is 5.91 Å². The number of hydrogen-bond acceptors (Lipinski definition) is 3. The van der Waals surface area contributed by atoms with Gasteiger partial charge in [0.05, 0.1) is 0 Å². The summed E-state index contributed by atoms with van der Waals surface area (Å²) in [5.41, 5.74) is 0. The average Bonchev–Trinajstić information content (AvgIpc) is 2.92. The molecule has 2 aliphatic heterocycles. The Bertz CT molecular complexity index is 289. The van der Waals surface area contributed by atoms with Gasteiger partial charge >= 0.3 is 0 Å². The zero-order valence-electron chi connectivity index (χ0n) is 12.5. The van der Waals surface area contributed by atoms with Crippen LogP contribution in [0.3, 0.4) is 0 Å². The minimum atomic E-state index is 0.331. The van der Waals surface area contributed by atoms with Gasteiger partial charge in [-0.25, -0.2) is 0 Å². The molecule has 0 aromatic carbocycles. The molecule has 2 saturated heterocycles. The zero-order chi connectivity index (χ0) is 13.7. The van der Waals surface area contributed by atoms with Crippen LogP contribution in [0.15, 0.2) is 0 Å². The number of piperidine rings is 1. The van der Waals surface area contributed by atoms with E-state index in [9.17, 15) is 4.79 Å². The third-order valence-electron chi connectivity index (χ3n) is 4.63. The van der Waals surface area contributed by atoms with Crippen LogP contribution in [0.5, 0.6) is 0 Å². The van der Waals surface area contributed by atoms with Crippen molar-refractivity contribution < 1.29 is 4.79 Å². The fourth-order valence-electron chi connectivity index (χ4n) is 3.31. The summed E-state index contributed by atoms with van der Waals surface area (Å²) in [6.07, 6.45) is 5.65. The number of carbonyl (C=O) groups is 1. The lowest BCUT2D eigenvalue weighted by molar-refractivity contribution is -0.130. The number of nitrogens with zero attached hydrogens (tertiary/aromatic N) is 2. The molecule has 2 rings (SSSR count). The Morgan fingerprint density at radius 1 is 1.26 bits per heavy atom. The number of hydrogen-bond donors (Lipinski definition) is 1. The minimum absolute atomic E-state index is 0.331. The lowest BCUT2D eigenvalue weighted by Gasteiger charge is -2.34. The summed E-state index contributed by atoms with van der Waals surface area (Å²) in [4.78, 5) is 16.4. The molecule has 0 aliphatic carbocycles. The molecule has 2 atom stereocenters. The lowest BCUT2D eigenvalue weighted by Crippen LogP contribution is -2.44. The van der Waals surface area contributed by atoms with Gasteiger partial charge in [-0.3, -0.25) is 4.79 Å². The van der Waals surface area contributed by atoms with Crippen LogP contribution < -0.4 is 5.32 Å². The van der Waals surface area contributed by atoms with Crippen LogP contribution in [0, 0.1) is 5.92 Å². The van der Waals surface area contributed by atoms with Crippen molar-refractivity contribution in [2.45, 2.75) is 45.1 Å². The Hall–Kier alpha value is -0.610. The summed E-state index contributed by atoms with van der Waals surface area (Å²) in [6.45, 7) is 7.47. The first-order chi connectivity index (χ1) is 9.16. The molecule has 2 fully saturated rings. The Balaban J connectivity index is 1.62. The summed E-state index contributed by atoms with van der Waals surface area (Å²) in [5.74, 6) is 1.07. The number of rotatable bonds is 5. The van der Waals surface area contributed by atoms with Crippen LogP contribution in [-0.2, 0) is 4.79 Å². The van der Waals surface area contributed by atoms with Crippen molar-refractivity contribution in [3.63, 3.8) is 0 Å². The van der Waals surface area contributed by atoms with Gasteiger partial charge < -0.3 is 15.1 Å². The van der Waals surface area contributed by atoms with E-state index >= 15 is 0 Å². The summed E-state index contributed by atoms with van der Waals surface area (Å²) in [7, 11) is 2.20. The van der Waals surface area contributed by atoms with Gasteiger partial charge in [-0.2, -0.15) is 0 Å². The fraction of sp³-hybridized carbons (Fsp3) is 0.933. The van der Waals surface area contributed by atoms with Gasteiger partial charge in [-0.05, 0) is 52.1 Å². The molecule has 0 spiro atoms. The van der Waals surface area contributed by atoms with E-state index in [0.717, 1.165) is 25.6 Å². The van der Waals surface area contributed by atoms with E-state index in [0.29, 0.717) is 18.4 Å². The van der Waals surface area contributed by atoms with Crippen LogP contribution in [0.25, 0.3) is 0 Å². The van der Waals surface area contributed by atoms with Gasteiger partial charge in [-0.15, -0.1) is 0 Å². The predicted molar refractivity (Wildman–Crippen MR) is 78.1 cm³/mol. The molecule has 2 heterocycles. The predicted octanol–water partition coefficient (Wildman–Crippen LogP) is 1.32. The Kier molecular flexibility index (Phi) is 5.64. The molecule has 2 unspecified atom stereocenters. The largest absolute Gasteiger partial charge is 0.343 e. The molecule has 0 aromatic heterocycles. The third-order valence-corrected chi connectivity index (χ3v) is 4.63. The minimum Gasteiger partial charge on any atom is -0.343 e. The van der Waals surface area contributed by atoms with E-state index in [4.69, 9.17) is 0 Å². The van der Waals surface area contributed by atoms with E-state index in [-0.39, 0.29) is 0 Å². The first-order valence-electron chi connectivity index (χ1n) is 7.86. The van der Waals surface area contributed by atoms with Gasteiger partial charge in [0.2, 0.25) is 5.91 Å². The fourth-order valence-corrected chi connectivity index (χ4v) is 3.31. The van der Waals surface area contributed by atoms with Crippen molar-refractivity contribution in [1.82, 2.24) is 15.1 Å². The monoisotopic (exact) mass is 267 g/mol. The van der Waals surface area contributed by atoms with Crippen molar-refractivity contribution in [3.05, 3.63) is 0 Å². The first-order valence-corrected chi connectivity index (χ1v) is 7.86.